The van der Waals surface area contributed by atoms with E-state index in [0.717, 1.165) is 16.1 Å². The first kappa shape index (κ1) is 33.8. The number of thioether (sulfide) groups is 1. The number of ether oxygens (including phenoxy) is 2. The normalized spacial score (nSPS) is 16.4. The third-order valence-electron chi connectivity index (χ3n) is 5.13. The molecule has 39 heavy (non-hydrogen) atoms. The molecule has 0 saturated carbocycles. The molecule has 1 aliphatic heterocycles. The number of likely N-dealkylation sites (N-methyl/N-ethyl adjacent to an activating group) is 1. The number of esters is 1. The molecule has 0 aromatic heterocycles. The van der Waals surface area contributed by atoms with Crippen molar-refractivity contribution in [2.45, 2.75) is 23.2 Å². The largest absolute Gasteiger partial charge is 0.497 e. The molecule has 0 unspecified atom stereocenters. The number of aliphatic carboxylic acids is 2. The summed E-state index contributed by atoms with van der Waals surface area (Å²) >= 11 is 7.74. The Morgan fingerprint density at radius 2 is 1.67 bits per heavy atom. The maximum absolute atomic E-state index is 13.6. The minimum absolute atomic E-state index is 0. The molecule has 1 aliphatic rings. The van der Waals surface area contributed by atoms with Crippen molar-refractivity contribution >= 4 is 65.3 Å². The number of methoxy groups -OCH3 is 1. The van der Waals surface area contributed by atoms with E-state index in [1.807, 2.05) is 55.4 Å². The van der Waals surface area contributed by atoms with Crippen LogP contribution in [0.25, 0.3) is 0 Å². The average Bonchev–Trinajstić information content (AvgIpc) is 2.96. The molecular weight excluding hydrogens is 571 g/mol. The summed E-state index contributed by atoms with van der Waals surface area (Å²) in [4.78, 5) is 49.2. The molecule has 0 radical (unpaired) electrons. The number of anilines is 1. The summed E-state index contributed by atoms with van der Waals surface area (Å²) in [7, 11) is 5.49. The summed E-state index contributed by atoms with van der Waals surface area (Å²) in [6, 6.07) is 12.9. The van der Waals surface area contributed by atoms with Crippen LogP contribution in [0.15, 0.2) is 59.5 Å². The zero-order valence-electron chi connectivity index (χ0n) is 21.7. The SMILES string of the molecule is COc1ccc([C@@H]2Sc3cc(Cl)ccc3N(CCN(C)C)C(=O)[C@@H]2OC(C)=O)cc1.Cl.O=C(O)/C=C/C(=O)O. The predicted octanol–water partition coefficient (Wildman–Crippen LogP) is 4.16. The van der Waals surface area contributed by atoms with Gasteiger partial charge in [0.05, 0.1) is 18.0 Å². The van der Waals surface area contributed by atoms with E-state index in [2.05, 4.69) is 0 Å². The number of amides is 1. The van der Waals surface area contributed by atoms with Crippen LogP contribution in [-0.2, 0) is 23.9 Å². The molecule has 0 saturated heterocycles. The van der Waals surface area contributed by atoms with Crippen molar-refractivity contribution in [2.75, 3.05) is 39.2 Å². The molecule has 0 aliphatic carbocycles. The van der Waals surface area contributed by atoms with Gasteiger partial charge in [-0.2, -0.15) is 0 Å². The van der Waals surface area contributed by atoms with Crippen LogP contribution in [0.3, 0.4) is 0 Å². The second-order valence-electron chi connectivity index (χ2n) is 8.26. The first-order valence-electron chi connectivity index (χ1n) is 11.3. The van der Waals surface area contributed by atoms with Gasteiger partial charge in [0.15, 0.2) is 6.10 Å². The van der Waals surface area contributed by atoms with E-state index in [9.17, 15) is 19.2 Å². The number of benzene rings is 2. The maximum atomic E-state index is 13.6. The molecule has 10 nitrogen and oxygen atoms in total. The van der Waals surface area contributed by atoms with Gasteiger partial charge in [-0.05, 0) is 50.0 Å². The number of hydrogen-bond acceptors (Lipinski definition) is 8. The molecule has 3 rings (SSSR count). The van der Waals surface area contributed by atoms with Crippen molar-refractivity contribution in [3.63, 3.8) is 0 Å². The van der Waals surface area contributed by atoms with E-state index in [1.54, 1.807) is 18.1 Å². The lowest BCUT2D eigenvalue weighted by Gasteiger charge is -2.28. The third kappa shape index (κ3) is 10.4. The smallest absolute Gasteiger partial charge is 0.328 e. The summed E-state index contributed by atoms with van der Waals surface area (Å²) in [5.74, 6) is -2.55. The first-order valence-corrected chi connectivity index (χ1v) is 12.6. The molecular formula is C26H30Cl2N2O8S. The summed E-state index contributed by atoms with van der Waals surface area (Å²) in [6.07, 6.45) is 0.152. The summed E-state index contributed by atoms with van der Waals surface area (Å²) in [5, 5.41) is 15.8. The highest BCUT2D eigenvalue weighted by Gasteiger charge is 2.40. The van der Waals surface area contributed by atoms with Crippen molar-refractivity contribution in [1.29, 1.82) is 0 Å². The number of carboxylic acids is 2. The van der Waals surface area contributed by atoms with Crippen LogP contribution in [0.2, 0.25) is 5.02 Å². The monoisotopic (exact) mass is 600 g/mol. The van der Waals surface area contributed by atoms with Crippen molar-refractivity contribution < 1.29 is 38.9 Å². The van der Waals surface area contributed by atoms with Gasteiger partial charge in [-0.25, -0.2) is 9.59 Å². The van der Waals surface area contributed by atoms with Gasteiger partial charge in [0.25, 0.3) is 5.91 Å². The number of carbonyl (C=O) groups is 4. The van der Waals surface area contributed by atoms with Crippen LogP contribution in [0.1, 0.15) is 17.7 Å². The standard InChI is InChI=1S/C22H25ClN2O4S.C4H4O4.ClH/c1-14(26)29-20-21(15-5-8-17(28-4)9-6-15)30-19-13-16(23)7-10-18(19)25(22(20)27)12-11-24(2)3;5-3(6)1-2-4(7)8;/h5-10,13,20-21H,11-12H2,1-4H3;1-2H,(H,5,6)(H,7,8);1H/b;2-1+;/t20-,21+;;/m1../s1. The van der Waals surface area contributed by atoms with E-state index in [4.69, 9.17) is 31.3 Å². The first-order chi connectivity index (χ1) is 17.9. The molecule has 2 atom stereocenters. The number of carboxylic acid groups (broad SMARTS) is 2. The topological polar surface area (TPSA) is 134 Å². The van der Waals surface area contributed by atoms with E-state index in [1.165, 1.54) is 18.7 Å². The summed E-state index contributed by atoms with van der Waals surface area (Å²) in [6.45, 7) is 2.45. The maximum Gasteiger partial charge on any atom is 0.328 e. The van der Waals surface area contributed by atoms with Gasteiger partial charge >= 0.3 is 17.9 Å². The van der Waals surface area contributed by atoms with Gasteiger partial charge in [0.2, 0.25) is 0 Å². The number of carbonyl (C=O) groups excluding carboxylic acids is 2. The molecule has 13 heteroatoms. The average molecular weight is 602 g/mol. The molecule has 2 aromatic carbocycles. The van der Waals surface area contributed by atoms with Gasteiger partial charge in [0.1, 0.15) is 5.75 Å². The van der Waals surface area contributed by atoms with Gasteiger partial charge in [-0.3, -0.25) is 9.59 Å². The van der Waals surface area contributed by atoms with Crippen molar-refractivity contribution in [1.82, 2.24) is 4.90 Å². The molecule has 212 valence electrons. The van der Waals surface area contributed by atoms with Crippen molar-refractivity contribution in [2.24, 2.45) is 0 Å². The Morgan fingerprint density at radius 1 is 1.08 bits per heavy atom. The second-order valence-corrected chi connectivity index (χ2v) is 9.88. The summed E-state index contributed by atoms with van der Waals surface area (Å²) in [5.41, 5.74) is 1.63. The minimum atomic E-state index is -1.26. The fourth-order valence-electron chi connectivity index (χ4n) is 3.41. The highest BCUT2D eigenvalue weighted by molar-refractivity contribution is 7.99. The lowest BCUT2D eigenvalue weighted by atomic mass is 10.1. The van der Waals surface area contributed by atoms with Crippen molar-refractivity contribution in [3.05, 3.63) is 65.2 Å². The highest BCUT2D eigenvalue weighted by Crippen LogP contribution is 2.47. The fraction of sp³-hybridized carbons (Fsp3) is 0.308. The van der Waals surface area contributed by atoms with Crippen LogP contribution in [-0.4, -0.2) is 79.3 Å². The molecule has 0 bridgehead atoms. The van der Waals surface area contributed by atoms with E-state index in [-0.39, 0.29) is 18.3 Å². The van der Waals surface area contributed by atoms with Crippen LogP contribution >= 0.6 is 35.8 Å². The zero-order chi connectivity index (χ0) is 28.4. The minimum Gasteiger partial charge on any atom is -0.497 e. The number of hydrogen-bond donors (Lipinski definition) is 2. The fourth-order valence-corrected chi connectivity index (χ4v) is 5.00. The Kier molecular flexibility index (Phi) is 13.9. The number of nitrogens with zero attached hydrogens (tertiary/aromatic N) is 2. The number of fused-ring (bicyclic) bond motifs is 1. The van der Waals surface area contributed by atoms with Gasteiger partial charge < -0.3 is 29.5 Å². The highest BCUT2D eigenvalue weighted by atomic mass is 35.5. The van der Waals surface area contributed by atoms with Crippen molar-refractivity contribution in [3.8, 4) is 5.75 Å². The molecule has 0 spiro atoms. The second kappa shape index (κ2) is 16.0. The Balaban J connectivity index is 0.000000737. The van der Waals surface area contributed by atoms with E-state index >= 15 is 0 Å². The molecule has 0 fully saturated rings. The Hall–Kier alpha value is -3.25. The van der Waals surface area contributed by atoms with Crippen LogP contribution in [0, 0.1) is 0 Å². The van der Waals surface area contributed by atoms with Crippen LogP contribution in [0.5, 0.6) is 5.75 Å². The Labute approximate surface area is 241 Å². The van der Waals surface area contributed by atoms with Crippen LogP contribution in [0.4, 0.5) is 5.69 Å². The van der Waals surface area contributed by atoms with Gasteiger partial charge in [-0.15, -0.1) is 24.2 Å². The van der Waals surface area contributed by atoms with Crippen LogP contribution < -0.4 is 9.64 Å². The quantitative estimate of drug-likeness (QED) is 0.336. The van der Waals surface area contributed by atoms with Gasteiger partial charge in [-0.1, -0.05) is 23.7 Å². The molecule has 1 amide bonds. The molecule has 1 heterocycles. The van der Waals surface area contributed by atoms with E-state index in [0.29, 0.717) is 36.0 Å². The third-order valence-corrected chi connectivity index (χ3v) is 6.72. The summed E-state index contributed by atoms with van der Waals surface area (Å²) < 4.78 is 10.8. The lowest BCUT2D eigenvalue weighted by Crippen LogP contribution is -2.45. The lowest BCUT2D eigenvalue weighted by molar-refractivity contribution is -0.152. The Bertz CT molecular complexity index is 1170. The Morgan fingerprint density at radius 3 is 2.15 bits per heavy atom. The number of halogens is 2. The number of rotatable bonds is 8. The molecule has 2 aromatic rings. The van der Waals surface area contributed by atoms with Gasteiger partial charge in [0, 0.05) is 42.1 Å². The van der Waals surface area contributed by atoms with E-state index < -0.39 is 29.3 Å². The molecule has 2 N–H and O–H groups in total. The zero-order valence-corrected chi connectivity index (χ0v) is 24.1. The predicted molar refractivity (Wildman–Crippen MR) is 151 cm³/mol.